The Hall–Kier alpha value is -2.19. The minimum Gasteiger partial charge on any atom is -0.465 e. The topological polar surface area (TPSA) is 95.7 Å². The van der Waals surface area contributed by atoms with E-state index in [4.69, 9.17) is 5.73 Å². The molecule has 0 amide bonds. The second-order valence-corrected chi connectivity index (χ2v) is 6.50. The summed E-state index contributed by atoms with van der Waals surface area (Å²) in [5, 5.41) is 3.69. The van der Waals surface area contributed by atoms with Gasteiger partial charge in [-0.3, -0.25) is 0 Å². The average Bonchev–Trinajstić information content (AvgIpc) is 3.11. The maximum absolute atomic E-state index is 11.2. The Morgan fingerprint density at radius 2 is 1.54 bits per heavy atom. The van der Waals surface area contributed by atoms with Crippen LogP contribution in [0.2, 0.25) is 0 Å². The fourth-order valence-corrected chi connectivity index (χ4v) is 3.67. The van der Waals surface area contributed by atoms with E-state index < -0.39 is 0 Å². The van der Waals surface area contributed by atoms with Gasteiger partial charge in [0.15, 0.2) is 0 Å². The molecule has 0 unspecified atom stereocenters. The number of carbonyl (C=O) groups excluding carboxylic acids is 3. The van der Waals surface area contributed by atoms with Gasteiger partial charge in [0.05, 0.1) is 19.9 Å². The number of carbonyl (C=O) groups is 3. The van der Waals surface area contributed by atoms with Crippen molar-refractivity contribution in [3.8, 4) is 0 Å². The van der Waals surface area contributed by atoms with Gasteiger partial charge in [-0.1, -0.05) is 0 Å². The van der Waals surface area contributed by atoms with E-state index in [1.165, 1.54) is 36.9 Å². The Morgan fingerprint density at radius 3 is 2.00 bits per heavy atom. The number of anilines is 1. The van der Waals surface area contributed by atoms with Gasteiger partial charge in [-0.05, 0) is 41.3 Å². The molecule has 130 valence electrons. The molecule has 2 heterocycles. The number of aryl methyl sites for hydroxylation is 2. The summed E-state index contributed by atoms with van der Waals surface area (Å²) >= 11 is 2.62. The molecule has 2 rings (SSSR count). The summed E-state index contributed by atoms with van der Waals surface area (Å²) in [7, 11) is 2.68. The van der Waals surface area contributed by atoms with Gasteiger partial charge in [0.2, 0.25) is 0 Å². The van der Waals surface area contributed by atoms with Crippen LogP contribution in [0.5, 0.6) is 0 Å². The van der Waals surface area contributed by atoms with Crippen LogP contribution in [0.15, 0.2) is 10.8 Å². The molecule has 0 bridgehead atoms. The van der Waals surface area contributed by atoms with Crippen molar-refractivity contribution >= 4 is 46.6 Å². The number of rotatable bonds is 4. The van der Waals surface area contributed by atoms with Crippen LogP contribution >= 0.6 is 22.7 Å². The third-order valence-corrected chi connectivity index (χ3v) is 5.37. The first-order valence-electron chi connectivity index (χ1n) is 6.88. The molecule has 0 spiro atoms. The Kier molecular flexibility index (Phi) is 7.60. The molecule has 0 radical (unpaired) electrons. The standard InChI is InChI=1S/C9H10O3S.C7H9NO2S/c1-6-5-13-8(9(11)12-2)7(6)3-4-10;1-4-3-11-6(5(4)8)7(9)10-2/h4-5H,3H2,1-2H3;3H,8H2,1-2H3. The van der Waals surface area contributed by atoms with Crippen LogP contribution in [0.3, 0.4) is 0 Å². The highest BCUT2D eigenvalue weighted by atomic mass is 32.1. The largest absolute Gasteiger partial charge is 0.465 e. The highest BCUT2D eigenvalue weighted by Crippen LogP contribution is 2.24. The minimum absolute atomic E-state index is 0.278. The summed E-state index contributed by atoms with van der Waals surface area (Å²) in [6, 6.07) is 0. The summed E-state index contributed by atoms with van der Waals surface area (Å²) in [4.78, 5) is 33.5. The predicted molar refractivity (Wildman–Crippen MR) is 95.0 cm³/mol. The molecule has 24 heavy (non-hydrogen) atoms. The van der Waals surface area contributed by atoms with E-state index in [0.29, 0.717) is 15.4 Å². The van der Waals surface area contributed by atoms with E-state index in [1.54, 1.807) is 0 Å². The monoisotopic (exact) mass is 369 g/mol. The maximum Gasteiger partial charge on any atom is 0.350 e. The zero-order valence-electron chi connectivity index (χ0n) is 13.9. The molecule has 8 heteroatoms. The maximum atomic E-state index is 11.2. The molecule has 0 saturated carbocycles. The Bertz CT molecular complexity index is 733. The molecule has 2 N–H and O–H groups in total. The van der Waals surface area contributed by atoms with Gasteiger partial charge in [-0.2, -0.15) is 0 Å². The molecule has 0 fully saturated rings. The summed E-state index contributed by atoms with van der Waals surface area (Å²) in [5.74, 6) is -0.726. The number of nitrogen functional groups attached to an aromatic ring is 1. The lowest BCUT2D eigenvalue weighted by atomic mass is 10.1. The normalized spacial score (nSPS) is 9.67. The van der Waals surface area contributed by atoms with E-state index in [9.17, 15) is 14.4 Å². The lowest BCUT2D eigenvalue weighted by Crippen LogP contribution is -2.03. The number of methoxy groups -OCH3 is 2. The first kappa shape index (κ1) is 19.9. The van der Waals surface area contributed by atoms with Crippen LogP contribution in [0, 0.1) is 13.8 Å². The molecule has 0 aliphatic carbocycles. The SMILES string of the molecule is COC(=O)c1scc(C)c1CC=O.COC(=O)c1scc(C)c1N. The second-order valence-electron chi connectivity index (χ2n) is 4.74. The molecular formula is C16H19NO5S2. The van der Waals surface area contributed by atoms with Crippen LogP contribution < -0.4 is 5.73 Å². The van der Waals surface area contributed by atoms with E-state index in [0.717, 1.165) is 23.0 Å². The number of esters is 2. The number of hydrogen-bond donors (Lipinski definition) is 1. The Balaban J connectivity index is 0.000000243. The number of hydrogen-bond acceptors (Lipinski definition) is 8. The third-order valence-electron chi connectivity index (χ3n) is 3.16. The third kappa shape index (κ3) is 4.65. The Morgan fingerprint density at radius 1 is 1.04 bits per heavy atom. The van der Waals surface area contributed by atoms with Crippen molar-refractivity contribution in [3.63, 3.8) is 0 Å². The summed E-state index contributed by atoms with van der Waals surface area (Å²) in [6.07, 6.45) is 1.07. The molecule has 0 aliphatic heterocycles. The van der Waals surface area contributed by atoms with Crippen LogP contribution in [0.25, 0.3) is 0 Å². The molecule has 0 aromatic carbocycles. The molecular weight excluding hydrogens is 350 g/mol. The van der Waals surface area contributed by atoms with Crippen LogP contribution in [-0.2, 0) is 20.7 Å². The van der Waals surface area contributed by atoms with Crippen LogP contribution in [0.4, 0.5) is 5.69 Å². The van der Waals surface area contributed by atoms with Gasteiger partial charge in [-0.25, -0.2) is 9.59 Å². The summed E-state index contributed by atoms with van der Waals surface area (Å²) in [6.45, 7) is 3.74. The predicted octanol–water partition coefficient (Wildman–Crippen LogP) is 3.01. The molecule has 0 atom stereocenters. The van der Waals surface area contributed by atoms with Crippen molar-refractivity contribution in [2.24, 2.45) is 0 Å². The van der Waals surface area contributed by atoms with Crippen molar-refractivity contribution in [1.82, 2.24) is 0 Å². The number of nitrogens with two attached hydrogens (primary N) is 1. The van der Waals surface area contributed by atoms with Gasteiger partial charge in [-0.15, -0.1) is 22.7 Å². The lowest BCUT2D eigenvalue weighted by Gasteiger charge is -1.98. The zero-order chi connectivity index (χ0) is 18.3. The summed E-state index contributed by atoms with van der Waals surface area (Å²) < 4.78 is 9.11. The van der Waals surface area contributed by atoms with E-state index in [1.807, 2.05) is 24.6 Å². The quantitative estimate of drug-likeness (QED) is 0.657. The van der Waals surface area contributed by atoms with Gasteiger partial charge in [0, 0.05) is 6.42 Å². The van der Waals surface area contributed by atoms with E-state index in [2.05, 4.69) is 9.47 Å². The molecule has 0 saturated heterocycles. The number of ether oxygens (including phenoxy) is 2. The Labute approximate surface area is 148 Å². The molecule has 6 nitrogen and oxygen atoms in total. The minimum atomic E-state index is -0.366. The zero-order valence-corrected chi connectivity index (χ0v) is 15.5. The van der Waals surface area contributed by atoms with Crippen LogP contribution in [-0.4, -0.2) is 32.4 Å². The first-order valence-corrected chi connectivity index (χ1v) is 8.64. The highest BCUT2D eigenvalue weighted by molar-refractivity contribution is 7.13. The molecule has 2 aromatic heterocycles. The van der Waals surface area contributed by atoms with Gasteiger partial charge < -0.3 is 20.0 Å². The van der Waals surface area contributed by atoms with Gasteiger partial charge >= 0.3 is 11.9 Å². The van der Waals surface area contributed by atoms with Gasteiger partial charge in [0.1, 0.15) is 16.0 Å². The highest BCUT2D eigenvalue weighted by Gasteiger charge is 2.15. The van der Waals surface area contributed by atoms with Crippen molar-refractivity contribution in [1.29, 1.82) is 0 Å². The van der Waals surface area contributed by atoms with Crippen molar-refractivity contribution in [2.75, 3.05) is 20.0 Å². The summed E-state index contributed by atoms with van der Waals surface area (Å²) in [5.41, 5.74) is 8.80. The van der Waals surface area contributed by atoms with E-state index >= 15 is 0 Å². The van der Waals surface area contributed by atoms with Gasteiger partial charge in [0.25, 0.3) is 0 Å². The fraction of sp³-hybridized carbons (Fsp3) is 0.312. The fourth-order valence-electron chi connectivity index (χ4n) is 1.77. The smallest absolute Gasteiger partial charge is 0.350 e. The van der Waals surface area contributed by atoms with Crippen molar-refractivity contribution in [3.05, 3.63) is 37.2 Å². The van der Waals surface area contributed by atoms with Crippen LogP contribution in [0.1, 0.15) is 36.0 Å². The van der Waals surface area contributed by atoms with E-state index in [-0.39, 0.29) is 18.4 Å². The second kappa shape index (κ2) is 9.19. The average molecular weight is 369 g/mol. The number of thiophene rings is 2. The lowest BCUT2D eigenvalue weighted by molar-refractivity contribution is -0.107. The first-order chi connectivity index (χ1) is 11.4. The molecule has 2 aromatic rings. The number of aldehydes is 1. The molecule has 0 aliphatic rings. The van der Waals surface area contributed by atoms with Crippen molar-refractivity contribution in [2.45, 2.75) is 20.3 Å². The van der Waals surface area contributed by atoms with Crippen molar-refractivity contribution < 1.29 is 23.9 Å².